The van der Waals surface area contributed by atoms with E-state index in [1.165, 1.54) is 0 Å². The third-order valence-electron chi connectivity index (χ3n) is 4.03. The van der Waals surface area contributed by atoms with Crippen LogP contribution in [0.3, 0.4) is 0 Å². The molecule has 0 bridgehead atoms. The van der Waals surface area contributed by atoms with Gasteiger partial charge in [-0.25, -0.2) is 0 Å². The SMILES string of the molecule is N#C/C(=C\c1cccc(Oc2ccccc2)c1)C(=O)NCC1CCCO1. The molecule has 1 heterocycles. The Morgan fingerprint density at radius 2 is 2.04 bits per heavy atom. The molecule has 3 rings (SSSR count). The Bertz CT molecular complexity index is 819. The van der Waals surface area contributed by atoms with Crippen LogP contribution < -0.4 is 10.1 Å². The number of carbonyl (C=O) groups is 1. The lowest BCUT2D eigenvalue weighted by molar-refractivity contribution is -0.117. The Labute approximate surface area is 152 Å². The van der Waals surface area contributed by atoms with Crippen LogP contribution in [0.4, 0.5) is 0 Å². The van der Waals surface area contributed by atoms with Gasteiger partial charge in [0.2, 0.25) is 0 Å². The summed E-state index contributed by atoms with van der Waals surface area (Å²) in [5, 5.41) is 12.1. The average Bonchev–Trinajstić information content (AvgIpc) is 3.19. The molecule has 5 nitrogen and oxygen atoms in total. The monoisotopic (exact) mass is 348 g/mol. The van der Waals surface area contributed by atoms with Crippen molar-refractivity contribution in [1.29, 1.82) is 5.26 Å². The van der Waals surface area contributed by atoms with Gasteiger partial charge in [-0.05, 0) is 48.7 Å². The highest BCUT2D eigenvalue weighted by Gasteiger charge is 2.17. The number of nitrogens with zero attached hydrogens (tertiary/aromatic N) is 1. The molecular formula is C21H20N2O3. The largest absolute Gasteiger partial charge is 0.457 e. The van der Waals surface area contributed by atoms with Crippen molar-refractivity contribution >= 4 is 12.0 Å². The molecule has 0 spiro atoms. The maximum absolute atomic E-state index is 12.2. The van der Waals surface area contributed by atoms with E-state index in [0.29, 0.717) is 12.3 Å². The van der Waals surface area contributed by atoms with Crippen LogP contribution >= 0.6 is 0 Å². The highest BCUT2D eigenvalue weighted by molar-refractivity contribution is 6.01. The fourth-order valence-corrected chi connectivity index (χ4v) is 2.71. The predicted molar refractivity (Wildman–Crippen MR) is 98.5 cm³/mol. The summed E-state index contributed by atoms with van der Waals surface area (Å²) < 4.78 is 11.3. The van der Waals surface area contributed by atoms with E-state index in [1.54, 1.807) is 12.1 Å². The maximum atomic E-state index is 12.2. The van der Waals surface area contributed by atoms with Gasteiger partial charge in [0.1, 0.15) is 23.1 Å². The second-order valence-electron chi connectivity index (χ2n) is 6.00. The van der Waals surface area contributed by atoms with E-state index in [1.807, 2.05) is 54.6 Å². The van der Waals surface area contributed by atoms with Gasteiger partial charge >= 0.3 is 0 Å². The lowest BCUT2D eigenvalue weighted by atomic mass is 10.1. The third-order valence-corrected chi connectivity index (χ3v) is 4.03. The number of nitriles is 1. The van der Waals surface area contributed by atoms with Gasteiger partial charge in [-0.3, -0.25) is 4.79 Å². The summed E-state index contributed by atoms with van der Waals surface area (Å²) in [5.74, 6) is 0.975. The Balaban J connectivity index is 1.67. The number of hydrogen-bond acceptors (Lipinski definition) is 4. The van der Waals surface area contributed by atoms with Crippen molar-refractivity contribution in [1.82, 2.24) is 5.32 Å². The second kappa shape index (κ2) is 8.84. The van der Waals surface area contributed by atoms with Crippen LogP contribution in [-0.4, -0.2) is 25.2 Å². The van der Waals surface area contributed by atoms with E-state index in [9.17, 15) is 10.1 Å². The van der Waals surface area contributed by atoms with Crippen LogP contribution in [0.15, 0.2) is 60.2 Å². The lowest BCUT2D eigenvalue weighted by Gasteiger charge is -2.10. The van der Waals surface area contributed by atoms with Gasteiger partial charge in [0.25, 0.3) is 5.91 Å². The van der Waals surface area contributed by atoms with E-state index in [0.717, 1.165) is 30.8 Å². The summed E-state index contributed by atoms with van der Waals surface area (Å²) in [5.41, 5.74) is 0.780. The Morgan fingerprint density at radius 3 is 2.77 bits per heavy atom. The molecule has 2 aromatic rings. The van der Waals surface area contributed by atoms with Crippen LogP contribution in [-0.2, 0) is 9.53 Å². The number of carbonyl (C=O) groups excluding carboxylic acids is 1. The third kappa shape index (κ3) is 4.95. The van der Waals surface area contributed by atoms with Crippen LogP contribution in [0.1, 0.15) is 18.4 Å². The van der Waals surface area contributed by atoms with Gasteiger partial charge in [-0.1, -0.05) is 30.3 Å². The first-order chi connectivity index (χ1) is 12.7. The van der Waals surface area contributed by atoms with Crippen LogP contribution in [0.2, 0.25) is 0 Å². The minimum absolute atomic E-state index is 0.0430. The van der Waals surface area contributed by atoms with E-state index < -0.39 is 5.91 Å². The van der Waals surface area contributed by atoms with Crippen molar-refractivity contribution < 1.29 is 14.3 Å². The number of ether oxygens (including phenoxy) is 2. The molecule has 1 aliphatic heterocycles. The molecule has 1 fully saturated rings. The number of para-hydroxylation sites is 1. The first kappa shape index (κ1) is 17.7. The average molecular weight is 348 g/mol. The molecule has 0 aromatic heterocycles. The Morgan fingerprint density at radius 1 is 1.23 bits per heavy atom. The van der Waals surface area contributed by atoms with Crippen molar-refractivity contribution in [3.63, 3.8) is 0 Å². The molecular weight excluding hydrogens is 328 g/mol. The second-order valence-corrected chi connectivity index (χ2v) is 6.00. The van der Waals surface area contributed by atoms with E-state index in [4.69, 9.17) is 9.47 Å². The molecule has 0 radical (unpaired) electrons. The zero-order valence-corrected chi connectivity index (χ0v) is 14.4. The first-order valence-corrected chi connectivity index (χ1v) is 8.59. The van der Waals surface area contributed by atoms with Crippen LogP contribution in [0.25, 0.3) is 6.08 Å². The number of rotatable bonds is 6. The summed E-state index contributed by atoms with van der Waals surface area (Å²) in [6.45, 7) is 1.16. The predicted octanol–water partition coefficient (Wildman–Crippen LogP) is 3.68. The normalized spacial score (nSPS) is 16.7. The smallest absolute Gasteiger partial charge is 0.262 e. The highest BCUT2D eigenvalue weighted by atomic mass is 16.5. The molecule has 2 aromatic carbocycles. The van der Waals surface area contributed by atoms with Gasteiger partial charge in [-0.15, -0.1) is 0 Å². The van der Waals surface area contributed by atoms with Crippen LogP contribution in [0.5, 0.6) is 11.5 Å². The standard InChI is InChI=1S/C21H20N2O3/c22-14-17(21(24)23-15-20-10-5-11-25-20)12-16-6-4-9-19(13-16)26-18-7-2-1-3-8-18/h1-4,6-9,12-13,20H,5,10-11,15H2,(H,23,24)/b17-12+. The van der Waals surface area contributed by atoms with Crippen molar-refractivity contribution in [2.75, 3.05) is 13.2 Å². The van der Waals surface area contributed by atoms with Gasteiger partial charge in [0.15, 0.2) is 0 Å². The highest BCUT2D eigenvalue weighted by Crippen LogP contribution is 2.22. The summed E-state index contributed by atoms with van der Waals surface area (Å²) >= 11 is 0. The minimum atomic E-state index is -0.391. The van der Waals surface area contributed by atoms with Gasteiger partial charge < -0.3 is 14.8 Å². The zero-order valence-electron chi connectivity index (χ0n) is 14.4. The molecule has 1 aliphatic rings. The molecule has 1 amide bonds. The van der Waals surface area contributed by atoms with Crippen molar-refractivity contribution in [3.05, 3.63) is 65.7 Å². The van der Waals surface area contributed by atoms with Gasteiger partial charge in [-0.2, -0.15) is 5.26 Å². The summed E-state index contributed by atoms with van der Waals surface area (Å²) in [6.07, 6.45) is 3.55. The Kier molecular flexibility index (Phi) is 6.02. The van der Waals surface area contributed by atoms with E-state index >= 15 is 0 Å². The van der Waals surface area contributed by atoms with Crippen LogP contribution in [0, 0.1) is 11.3 Å². The van der Waals surface area contributed by atoms with E-state index in [2.05, 4.69) is 5.32 Å². The molecule has 132 valence electrons. The van der Waals surface area contributed by atoms with Gasteiger partial charge in [0.05, 0.1) is 6.10 Å². The fourth-order valence-electron chi connectivity index (χ4n) is 2.71. The maximum Gasteiger partial charge on any atom is 0.262 e. The van der Waals surface area contributed by atoms with Crippen molar-refractivity contribution in [2.24, 2.45) is 0 Å². The molecule has 5 heteroatoms. The summed E-state index contributed by atoms with van der Waals surface area (Å²) in [6, 6.07) is 18.7. The summed E-state index contributed by atoms with van der Waals surface area (Å²) in [7, 11) is 0. The number of hydrogen-bond donors (Lipinski definition) is 1. The molecule has 26 heavy (non-hydrogen) atoms. The Hall–Kier alpha value is -3.10. The molecule has 0 aliphatic carbocycles. The molecule has 1 unspecified atom stereocenters. The van der Waals surface area contributed by atoms with E-state index in [-0.39, 0.29) is 11.7 Å². The number of amides is 1. The fraction of sp³-hybridized carbons (Fsp3) is 0.238. The first-order valence-electron chi connectivity index (χ1n) is 8.59. The quantitative estimate of drug-likeness (QED) is 0.638. The molecule has 1 N–H and O–H groups in total. The topological polar surface area (TPSA) is 71.3 Å². The van der Waals surface area contributed by atoms with Crippen molar-refractivity contribution in [3.8, 4) is 17.6 Å². The summed E-state index contributed by atoms with van der Waals surface area (Å²) in [4.78, 5) is 12.2. The lowest BCUT2D eigenvalue weighted by Crippen LogP contribution is -2.32. The van der Waals surface area contributed by atoms with Gasteiger partial charge in [0, 0.05) is 13.2 Å². The number of benzene rings is 2. The molecule has 1 atom stereocenters. The molecule has 0 saturated carbocycles. The van der Waals surface area contributed by atoms with Crippen molar-refractivity contribution in [2.45, 2.75) is 18.9 Å². The molecule has 1 saturated heterocycles. The number of nitrogens with one attached hydrogen (secondary N) is 1. The zero-order chi connectivity index (χ0) is 18.2. The minimum Gasteiger partial charge on any atom is -0.457 e.